The number of urea groups is 1. The number of rotatable bonds is 5. The van der Waals surface area contributed by atoms with Gasteiger partial charge in [-0.2, -0.15) is 0 Å². The minimum absolute atomic E-state index is 0.0598. The molecule has 1 aromatic rings. The molecule has 0 aliphatic carbocycles. The minimum Gasteiger partial charge on any atom is -0.334 e. The van der Waals surface area contributed by atoms with Crippen molar-refractivity contribution in [3.05, 3.63) is 29.8 Å². The van der Waals surface area contributed by atoms with E-state index in [9.17, 15) is 22.8 Å². The molecule has 0 saturated carbocycles. The third-order valence-electron chi connectivity index (χ3n) is 3.87. The summed E-state index contributed by atoms with van der Waals surface area (Å²) in [5.74, 6) is -0.517. The fraction of sp³-hybridized carbons (Fsp3) is 0.438. The van der Waals surface area contributed by atoms with E-state index in [0.29, 0.717) is 17.7 Å². The van der Waals surface area contributed by atoms with Crippen molar-refractivity contribution in [2.24, 2.45) is 0 Å². The van der Waals surface area contributed by atoms with Crippen LogP contribution in [0.1, 0.15) is 30.6 Å². The van der Waals surface area contributed by atoms with Crippen molar-refractivity contribution in [3.8, 4) is 0 Å². The van der Waals surface area contributed by atoms with E-state index in [1.165, 1.54) is 13.8 Å². The molecule has 1 aliphatic rings. The number of anilines is 1. The van der Waals surface area contributed by atoms with Crippen LogP contribution >= 0.6 is 0 Å². The van der Waals surface area contributed by atoms with Gasteiger partial charge in [0.25, 0.3) is 0 Å². The van der Waals surface area contributed by atoms with Gasteiger partial charge in [0.1, 0.15) is 6.04 Å². The average molecular weight is 367 g/mol. The van der Waals surface area contributed by atoms with Gasteiger partial charge in [-0.05, 0) is 44.5 Å². The lowest BCUT2D eigenvalue weighted by Gasteiger charge is -2.17. The first kappa shape index (κ1) is 18.9. The summed E-state index contributed by atoms with van der Waals surface area (Å²) in [6, 6.07) is 4.57. The van der Waals surface area contributed by atoms with Crippen LogP contribution in [0.5, 0.6) is 0 Å². The molecular formula is C16H21N3O5S. The molecule has 1 aromatic carbocycles. The first-order valence-corrected chi connectivity index (χ1v) is 9.68. The van der Waals surface area contributed by atoms with Crippen LogP contribution in [0.4, 0.5) is 10.5 Å². The lowest BCUT2D eigenvalue weighted by atomic mass is 10.1. The number of nitrogens with one attached hydrogen (secondary N) is 3. The molecule has 2 rings (SSSR count). The van der Waals surface area contributed by atoms with Gasteiger partial charge in [0.2, 0.25) is 5.91 Å². The van der Waals surface area contributed by atoms with Crippen molar-refractivity contribution in [2.45, 2.75) is 32.4 Å². The number of ketones is 1. The van der Waals surface area contributed by atoms with E-state index >= 15 is 0 Å². The third-order valence-corrected chi connectivity index (χ3v) is 5.64. The van der Waals surface area contributed by atoms with Gasteiger partial charge in [-0.3, -0.25) is 9.59 Å². The lowest BCUT2D eigenvalue weighted by molar-refractivity contribution is -0.117. The fourth-order valence-corrected chi connectivity index (χ4v) is 4.11. The van der Waals surface area contributed by atoms with E-state index in [2.05, 4.69) is 16.0 Å². The minimum atomic E-state index is -3.08. The van der Waals surface area contributed by atoms with Gasteiger partial charge in [-0.25, -0.2) is 13.2 Å². The second-order valence-corrected chi connectivity index (χ2v) is 8.29. The molecule has 0 aromatic heterocycles. The molecule has 0 spiro atoms. The highest BCUT2D eigenvalue weighted by molar-refractivity contribution is 7.91. The van der Waals surface area contributed by atoms with Crippen LogP contribution in [0.25, 0.3) is 0 Å². The highest BCUT2D eigenvalue weighted by atomic mass is 32.2. The van der Waals surface area contributed by atoms with Crippen LogP contribution in [0, 0.1) is 0 Å². The predicted molar refractivity (Wildman–Crippen MR) is 93.3 cm³/mol. The molecule has 0 bridgehead atoms. The number of sulfone groups is 1. The second kappa shape index (κ2) is 7.64. The van der Waals surface area contributed by atoms with Crippen LogP contribution < -0.4 is 16.0 Å². The molecular weight excluding hydrogens is 346 g/mol. The number of hydrogen-bond acceptors (Lipinski definition) is 5. The number of carbonyl (C=O) groups excluding carboxylic acids is 3. The van der Waals surface area contributed by atoms with Crippen LogP contribution in [0.3, 0.4) is 0 Å². The van der Waals surface area contributed by atoms with Crippen molar-refractivity contribution >= 4 is 33.2 Å². The molecule has 8 nitrogen and oxygen atoms in total. The Kier molecular flexibility index (Phi) is 5.78. The summed E-state index contributed by atoms with van der Waals surface area (Å²) in [5, 5.41) is 7.66. The molecule has 136 valence electrons. The summed E-state index contributed by atoms with van der Waals surface area (Å²) in [6.07, 6.45) is 0.374. The van der Waals surface area contributed by atoms with E-state index in [1.807, 2.05) is 0 Å². The highest BCUT2D eigenvalue weighted by Gasteiger charge is 2.29. The van der Waals surface area contributed by atoms with E-state index in [4.69, 9.17) is 0 Å². The van der Waals surface area contributed by atoms with Crippen LogP contribution in [0.2, 0.25) is 0 Å². The smallest absolute Gasteiger partial charge is 0.315 e. The number of benzene rings is 1. The Bertz CT molecular complexity index is 773. The Morgan fingerprint density at radius 2 is 1.80 bits per heavy atom. The monoisotopic (exact) mass is 367 g/mol. The van der Waals surface area contributed by atoms with Gasteiger partial charge in [-0.1, -0.05) is 0 Å². The second-order valence-electron chi connectivity index (χ2n) is 6.06. The molecule has 25 heavy (non-hydrogen) atoms. The fourth-order valence-electron chi connectivity index (χ4n) is 2.44. The van der Waals surface area contributed by atoms with Crippen LogP contribution in [-0.2, 0) is 14.6 Å². The zero-order chi connectivity index (χ0) is 18.6. The summed E-state index contributed by atoms with van der Waals surface area (Å²) in [5.41, 5.74) is 1.04. The molecule has 1 saturated heterocycles. The van der Waals surface area contributed by atoms with Gasteiger partial charge in [0.15, 0.2) is 15.6 Å². The van der Waals surface area contributed by atoms with Gasteiger partial charge in [0, 0.05) is 17.3 Å². The van der Waals surface area contributed by atoms with Crippen molar-refractivity contribution in [1.82, 2.24) is 10.6 Å². The number of hydrogen-bond donors (Lipinski definition) is 3. The van der Waals surface area contributed by atoms with Crippen LogP contribution in [0.15, 0.2) is 24.3 Å². The number of carbonyl (C=O) groups is 3. The van der Waals surface area contributed by atoms with Crippen molar-refractivity contribution in [3.63, 3.8) is 0 Å². The first-order valence-electron chi connectivity index (χ1n) is 7.85. The van der Waals surface area contributed by atoms with E-state index in [-0.39, 0.29) is 17.3 Å². The molecule has 0 radical (unpaired) electrons. The maximum absolute atomic E-state index is 12.1. The number of amides is 3. The van der Waals surface area contributed by atoms with E-state index < -0.39 is 33.9 Å². The van der Waals surface area contributed by atoms with Crippen LogP contribution in [-0.4, -0.2) is 49.7 Å². The molecule has 3 amide bonds. The Balaban J connectivity index is 1.83. The predicted octanol–water partition coefficient (Wildman–Crippen LogP) is 0.703. The summed E-state index contributed by atoms with van der Waals surface area (Å²) in [4.78, 5) is 35.2. The molecule has 3 N–H and O–H groups in total. The molecule has 1 fully saturated rings. The SMILES string of the molecule is CC(=O)c1ccc(NC(=O)[C@H](C)NC(=O)N[C@@H]2CCS(=O)(=O)C2)cc1. The summed E-state index contributed by atoms with van der Waals surface area (Å²) in [6.45, 7) is 2.97. The molecule has 0 unspecified atom stereocenters. The van der Waals surface area contributed by atoms with Gasteiger partial charge in [0.05, 0.1) is 11.5 Å². The molecule has 2 atom stereocenters. The van der Waals surface area contributed by atoms with E-state index in [1.54, 1.807) is 24.3 Å². The summed E-state index contributed by atoms with van der Waals surface area (Å²) >= 11 is 0. The molecule has 9 heteroatoms. The average Bonchev–Trinajstić information content (AvgIpc) is 2.86. The highest BCUT2D eigenvalue weighted by Crippen LogP contribution is 2.12. The quantitative estimate of drug-likeness (QED) is 0.662. The Morgan fingerprint density at radius 3 is 2.32 bits per heavy atom. The Hall–Kier alpha value is -2.42. The molecule has 1 aliphatic heterocycles. The maximum Gasteiger partial charge on any atom is 0.315 e. The lowest BCUT2D eigenvalue weighted by Crippen LogP contribution is -2.49. The summed E-state index contributed by atoms with van der Waals surface area (Å²) < 4.78 is 22.7. The van der Waals surface area contributed by atoms with Gasteiger partial charge >= 0.3 is 6.03 Å². The standard InChI is InChI=1S/C16H21N3O5S/c1-10(17-16(22)19-14-7-8-25(23,24)9-14)15(21)18-13-5-3-12(4-6-13)11(2)20/h3-6,10,14H,7-9H2,1-2H3,(H,18,21)(H2,17,19,22)/t10-,14+/m0/s1. The largest absolute Gasteiger partial charge is 0.334 e. The van der Waals surface area contributed by atoms with Gasteiger partial charge < -0.3 is 16.0 Å². The zero-order valence-corrected chi connectivity index (χ0v) is 14.9. The zero-order valence-electron chi connectivity index (χ0n) is 14.0. The first-order chi connectivity index (χ1) is 11.7. The third kappa shape index (κ3) is 5.56. The van der Waals surface area contributed by atoms with Crippen molar-refractivity contribution < 1.29 is 22.8 Å². The summed E-state index contributed by atoms with van der Waals surface area (Å²) in [7, 11) is -3.08. The Labute approximate surface area is 146 Å². The maximum atomic E-state index is 12.1. The van der Waals surface area contributed by atoms with Crippen molar-refractivity contribution in [1.29, 1.82) is 0 Å². The van der Waals surface area contributed by atoms with Gasteiger partial charge in [-0.15, -0.1) is 0 Å². The number of Topliss-reactive ketones (excluding diaryl/α,β-unsaturated/α-hetero) is 1. The van der Waals surface area contributed by atoms with Crippen molar-refractivity contribution in [2.75, 3.05) is 16.8 Å². The van der Waals surface area contributed by atoms with E-state index in [0.717, 1.165) is 0 Å². The topological polar surface area (TPSA) is 121 Å². The molecule has 1 heterocycles. The normalized spacial score (nSPS) is 19.7. The Morgan fingerprint density at radius 1 is 1.16 bits per heavy atom.